The Morgan fingerprint density at radius 1 is 1.31 bits per heavy atom. The topological polar surface area (TPSA) is 12.5 Å². The molecular weight excluding hydrogens is 162 g/mol. The van der Waals surface area contributed by atoms with Crippen LogP contribution in [0.5, 0.6) is 0 Å². The smallest absolute Gasteiger partial charge is 0.0935 e. The molecule has 2 nitrogen and oxygen atoms in total. The summed E-state index contributed by atoms with van der Waals surface area (Å²) in [5.41, 5.74) is 1.24. The molecule has 70 valence electrons. The monoisotopic (exact) mass is 177 g/mol. The molecule has 0 saturated carbocycles. The van der Waals surface area contributed by atoms with E-state index < -0.39 is 0 Å². The van der Waals surface area contributed by atoms with Gasteiger partial charge in [0.1, 0.15) is 0 Å². The van der Waals surface area contributed by atoms with Crippen molar-refractivity contribution in [2.45, 2.75) is 13.5 Å². The van der Waals surface area contributed by atoms with Crippen molar-refractivity contribution in [1.82, 2.24) is 5.06 Å². The number of hydrogen-bond donors (Lipinski definition) is 0. The fourth-order valence-corrected chi connectivity index (χ4v) is 1.49. The minimum absolute atomic E-state index is 0.702. The fourth-order valence-electron chi connectivity index (χ4n) is 1.49. The zero-order valence-electron chi connectivity index (χ0n) is 7.94. The molecule has 0 amide bonds. The number of benzene rings is 1. The van der Waals surface area contributed by atoms with Crippen LogP contribution in [0, 0.1) is 5.92 Å². The van der Waals surface area contributed by atoms with Crippen molar-refractivity contribution in [2.75, 3.05) is 13.1 Å². The van der Waals surface area contributed by atoms with Gasteiger partial charge in [-0.2, -0.15) is 5.06 Å². The first-order valence-corrected chi connectivity index (χ1v) is 4.76. The maximum Gasteiger partial charge on any atom is 0.0935 e. The van der Waals surface area contributed by atoms with Crippen molar-refractivity contribution in [3.63, 3.8) is 0 Å². The lowest BCUT2D eigenvalue weighted by atomic mass is 10.1. The Balaban J connectivity index is 1.74. The van der Waals surface area contributed by atoms with Gasteiger partial charge in [-0.05, 0) is 11.5 Å². The average molecular weight is 177 g/mol. The maximum atomic E-state index is 5.57. The molecule has 1 aliphatic rings. The van der Waals surface area contributed by atoms with Gasteiger partial charge < -0.3 is 0 Å². The first-order chi connectivity index (χ1) is 6.34. The van der Waals surface area contributed by atoms with Crippen LogP contribution in [0.15, 0.2) is 30.3 Å². The van der Waals surface area contributed by atoms with Gasteiger partial charge in [-0.25, -0.2) is 0 Å². The van der Waals surface area contributed by atoms with Crippen LogP contribution in [0.3, 0.4) is 0 Å². The molecule has 1 fully saturated rings. The van der Waals surface area contributed by atoms with E-state index in [1.807, 2.05) is 23.3 Å². The SMILES string of the molecule is CC1CN(OCc2ccccc2)C1. The molecule has 0 aliphatic carbocycles. The Bertz CT molecular complexity index is 254. The summed E-state index contributed by atoms with van der Waals surface area (Å²) in [4.78, 5) is 5.57. The molecule has 13 heavy (non-hydrogen) atoms. The highest BCUT2D eigenvalue weighted by Gasteiger charge is 2.22. The van der Waals surface area contributed by atoms with Crippen LogP contribution in [-0.4, -0.2) is 18.2 Å². The van der Waals surface area contributed by atoms with Crippen molar-refractivity contribution >= 4 is 0 Å². The molecule has 0 radical (unpaired) electrons. The predicted octanol–water partition coefficient (Wildman–Crippen LogP) is 2.07. The molecule has 1 aliphatic heterocycles. The Labute approximate surface area is 79.1 Å². The van der Waals surface area contributed by atoms with E-state index in [1.54, 1.807) is 0 Å². The van der Waals surface area contributed by atoms with Gasteiger partial charge >= 0.3 is 0 Å². The summed E-state index contributed by atoms with van der Waals surface area (Å²) in [7, 11) is 0. The van der Waals surface area contributed by atoms with Gasteiger partial charge in [0, 0.05) is 13.1 Å². The summed E-state index contributed by atoms with van der Waals surface area (Å²) < 4.78 is 0. The number of rotatable bonds is 3. The highest BCUT2D eigenvalue weighted by molar-refractivity contribution is 5.13. The summed E-state index contributed by atoms with van der Waals surface area (Å²) >= 11 is 0. The van der Waals surface area contributed by atoms with Gasteiger partial charge in [0.2, 0.25) is 0 Å². The van der Waals surface area contributed by atoms with Gasteiger partial charge in [0.15, 0.2) is 0 Å². The van der Waals surface area contributed by atoms with E-state index in [1.165, 1.54) is 5.56 Å². The minimum Gasteiger partial charge on any atom is -0.294 e. The molecule has 0 bridgehead atoms. The molecule has 1 aromatic rings. The van der Waals surface area contributed by atoms with Crippen molar-refractivity contribution in [2.24, 2.45) is 5.92 Å². The molecule has 0 aromatic heterocycles. The van der Waals surface area contributed by atoms with E-state index >= 15 is 0 Å². The second kappa shape index (κ2) is 3.90. The summed E-state index contributed by atoms with van der Waals surface area (Å²) in [5, 5.41) is 2.03. The first kappa shape index (κ1) is 8.73. The largest absolute Gasteiger partial charge is 0.294 e. The van der Waals surface area contributed by atoms with Crippen LogP contribution in [0.4, 0.5) is 0 Å². The predicted molar refractivity (Wildman–Crippen MR) is 52.0 cm³/mol. The van der Waals surface area contributed by atoms with Crippen molar-refractivity contribution in [3.05, 3.63) is 35.9 Å². The van der Waals surface area contributed by atoms with Crippen LogP contribution in [-0.2, 0) is 11.4 Å². The number of hydroxylamine groups is 2. The molecule has 0 N–H and O–H groups in total. The molecule has 1 aromatic carbocycles. The lowest BCUT2D eigenvalue weighted by Gasteiger charge is -2.35. The second-order valence-electron chi connectivity index (χ2n) is 3.71. The number of hydrogen-bond acceptors (Lipinski definition) is 2. The van der Waals surface area contributed by atoms with E-state index in [-0.39, 0.29) is 0 Å². The Morgan fingerprint density at radius 2 is 2.00 bits per heavy atom. The normalized spacial score (nSPS) is 18.5. The molecule has 2 rings (SSSR count). The lowest BCUT2D eigenvalue weighted by Crippen LogP contribution is -2.44. The van der Waals surface area contributed by atoms with Gasteiger partial charge in [-0.1, -0.05) is 37.3 Å². The van der Waals surface area contributed by atoms with Crippen molar-refractivity contribution < 1.29 is 4.84 Å². The van der Waals surface area contributed by atoms with E-state index in [4.69, 9.17) is 4.84 Å². The third kappa shape index (κ3) is 2.29. The third-order valence-electron chi connectivity index (χ3n) is 2.29. The van der Waals surface area contributed by atoms with Crippen molar-refractivity contribution in [3.8, 4) is 0 Å². The van der Waals surface area contributed by atoms with E-state index in [2.05, 4.69) is 19.1 Å². The van der Waals surface area contributed by atoms with Gasteiger partial charge in [0.05, 0.1) is 6.61 Å². The quantitative estimate of drug-likeness (QED) is 0.700. The van der Waals surface area contributed by atoms with E-state index in [9.17, 15) is 0 Å². The highest BCUT2D eigenvalue weighted by Crippen LogP contribution is 2.15. The second-order valence-corrected chi connectivity index (χ2v) is 3.71. The average Bonchev–Trinajstić information content (AvgIpc) is 2.12. The Kier molecular flexibility index (Phi) is 2.62. The minimum atomic E-state index is 0.702. The van der Waals surface area contributed by atoms with Crippen LogP contribution in [0.1, 0.15) is 12.5 Å². The molecule has 1 saturated heterocycles. The van der Waals surface area contributed by atoms with Crippen LogP contribution >= 0.6 is 0 Å². The Morgan fingerprint density at radius 3 is 2.62 bits per heavy atom. The summed E-state index contributed by atoms with van der Waals surface area (Å²) in [6, 6.07) is 10.3. The number of nitrogens with zero attached hydrogens (tertiary/aromatic N) is 1. The zero-order valence-corrected chi connectivity index (χ0v) is 7.94. The van der Waals surface area contributed by atoms with Gasteiger partial charge in [-0.3, -0.25) is 4.84 Å². The van der Waals surface area contributed by atoms with Crippen LogP contribution in [0.25, 0.3) is 0 Å². The third-order valence-corrected chi connectivity index (χ3v) is 2.29. The maximum absolute atomic E-state index is 5.57. The molecular formula is C11H15NO. The van der Waals surface area contributed by atoms with Crippen LogP contribution < -0.4 is 0 Å². The summed E-state index contributed by atoms with van der Waals surface area (Å²) in [5.74, 6) is 0.802. The molecule has 1 heterocycles. The van der Waals surface area contributed by atoms with Gasteiger partial charge in [0.25, 0.3) is 0 Å². The fraction of sp³-hybridized carbons (Fsp3) is 0.455. The molecule has 0 atom stereocenters. The molecule has 0 unspecified atom stereocenters. The van der Waals surface area contributed by atoms with E-state index in [0.717, 1.165) is 19.0 Å². The summed E-state index contributed by atoms with van der Waals surface area (Å²) in [6.07, 6.45) is 0. The Hall–Kier alpha value is -0.860. The standard InChI is InChI=1S/C11H15NO/c1-10-7-12(8-10)13-9-11-5-3-2-4-6-11/h2-6,10H,7-9H2,1H3. The molecule has 0 spiro atoms. The molecule has 2 heteroatoms. The zero-order chi connectivity index (χ0) is 9.10. The van der Waals surface area contributed by atoms with Crippen molar-refractivity contribution in [1.29, 1.82) is 0 Å². The lowest BCUT2D eigenvalue weighted by molar-refractivity contribution is -0.225. The van der Waals surface area contributed by atoms with E-state index in [0.29, 0.717) is 6.61 Å². The van der Waals surface area contributed by atoms with Gasteiger partial charge in [-0.15, -0.1) is 0 Å². The summed E-state index contributed by atoms with van der Waals surface area (Å²) in [6.45, 7) is 5.09. The van der Waals surface area contributed by atoms with Crippen LogP contribution in [0.2, 0.25) is 0 Å². The highest BCUT2D eigenvalue weighted by atomic mass is 16.7. The first-order valence-electron chi connectivity index (χ1n) is 4.76.